The Hall–Kier alpha value is -2.38. The van der Waals surface area contributed by atoms with Crippen LogP contribution in [0.15, 0.2) is 48.6 Å². The molecule has 6 N–H and O–H groups in total. The molecule has 0 spiro atoms. The fraction of sp³-hybridized carbons (Fsp3) is 0.821. The first kappa shape index (κ1) is 62.6. The Bertz CT molecular complexity index is 1250. The van der Waals surface area contributed by atoms with Crippen molar-refractivity contribution in [1.29, 1.82) is 0 Å². The van der Waals surface area contributed by atoms with Gasteiger partial charge in [0.2, 0.25) is 5.91 Å². The third-order valence-electron chi connectivity index (χ3n) is 12.7. The molecule has 1 rings (SSSR count). The van der Waals surface area contributed by atoms with Crippen LogP contribution in [-0.2, 0) is 23.8 Å². The van der Waals surface area contributed by atoms with E-state index in [1.165, 1.54) is 128 Å². The summed E-state index contributed by atoms with van der Waals surface area (Å²) in [5.41, 5.74) is 0. The normalized spacial score (nSPS) is 19.9. The SMILES string of the molecule is CCCCCC/C=C/CC/C=C/C(O)C(COC1OC(CO)C(O)C(O)C1O)NC(=O)CC/C=C\C/C=C\CCCCCCCCOC(=O)CCCCCCCCCCCCCCCCCC. The maximum atomic E-state index is 12.9. The van der Waals surface area contributed by atoms with Gasteiger partial charge in [0.25, 0.3) is 0 Å². The second-order valence-electron chi connectivity index (χ2n) is 18.9. The fourth-order valence-corrected chi connectivity index (χ4v) is 8.26. The molecule has 1 aliphatic rings. The number of ether oxygens (including phenoxy) is 3. The Kier molecular flexibility index (Phi) is 43.0. The van der Waals surface area contributed by atoms with Gasteiger partial charge in [0.1, 0.15) is 24.4 Å². The van der Waals surface area contributed by atoms with Gasteiger partial charge in [0, 0.05) is 12.8 Å². The molecule has 0 aromatic rings. The predicted octanol–water partition coefficient (Wildman–Crippen LogP) is 11.7. The third-order valence-corrected chi connectivity index (χ3v) is 12.7. The van der Waals surface area contributed by atoms with Crippen molar-refractivity contribution in [2.75, 3.05) is 19.8 Å². The monoisotopic (exact) mass is 948 g/mol. The van der Waals surface area contributed by atoms with Gasteiger partial charge in [-0.15, -0.1) is 0 Å². The number of nitrogens with one attached hydrogen (secondary N) is 1. The van der Waals surface area contributed by atoms with Crippen LogP contribution in [0.3, 0.4) is 0 Å². The van der Waals surface area contributed by atoms with Crippen molar-refractivity contribution >= 4 is 11.9 Å². The van der Waals surface area contributed by atoms with Crippen LogP contribution in [0, 0.1) is 0 Å². The van der Waals surface area contributed by atoms with Gasteiger partial charge in [-0.25, -0.2) is 0 Å². The third kappa shape index (κ3) is 36.3. The maximum Gasteiger partial charge on any atom is 0.305 e. The van der Waals surface area contributed by atoms with Crippen LogP contribution in [0.4, 0.5) is 0 Å². The van der Waals surface area contributed by atoms with Crippen molar-refractivity contribution in [3.8, 4) is 0 Å². The summed E-state index contributed by atoms with van der Waals surface area (Å²) in [5, 5.41) is 54.0. The minimum absolute atomic E-state index is 0.0379. The van der Waals surface area contributed by atoms with Crippen molar-refractivity contribution < 1.29 is 49.3 Å². The van der Waals surface area contributed by atoms with Crippen LogP contribution in [-0.4, -0.2) is 100 Å². The smallest absolute Gasteiger partial charge is 0.305 e. The van der Waals surface area contributed by atoms with Gasteiger partial charge >= 0.3 is 5.97 Å². The molecule has 7 unspecified atom stereocenters. The Morgan fingerprint density at radius 3 is 1.61 bits per heavy atom. The Morgan fingerprint density at radius 2 is 1.03 bits per heavy atom. The second-order valence-corrected chi connectivity index (χ2v) is 18.9. The summed E-state index contributed by atoms with van der Waals surface area (Å²) < 4.78 is 16.6. The molecule has 390 valence electrons. The predicted molar refractivity (Wildman–Crippen MR) is 274 cm³/mol. The molecule has 7 atom stereocenters. The van der Waals surface area contributed by atoms with Gasteiger partial charge in [-0.3, -0.25) is 9.59 Å². The molecule has 67 heavy (non-hydrogen) atoms. The minimum atomic E-state index is -1.59. The van der Waals surface area contributed by atoms with E-state index in [0.717, 1.165) is 70.6 Å². The second kappa shape index (κ2) is 46.0. The van der Waals surface area contributed by atoms with E-state index in [-0.39, 0.29) is 24.9 Å². The van der Waals surface area contributed by atoms with E-state index in [2.05, 4.69) is 43.5 Å². The molecule has 11 heteroatoms. The summed E-state index contributed by atoms with van der Waals surface area (Å²) in [6, 6.07) is -0.870. The number of esters is 1. The molecule has 0 aromatic carbocycles. The lowest BCUT2D eigenvalue weighted by atomic mass is 9.99. The van der Waals surface area contributed by atoms with Gasteiger partial charge in [-0.05, 0) is 64.2 Å². The first-order valence-corrected chi connectivity index (χ1v) is 27.4. The van der Waals surface area contributed by atoms with Gasteiger partial charge in [0.05, 0.1) is 32.0 Å². The molecule has 1 heterocycles. The van der Waals surface area contributed by atoms with E-state index in [0.29, 0.717) is 19.4 Å². The maximum absolute atomic E-state index is 12.9. The zero-order chi connectivity index (χ0) is 48.8. The number of hydrogen-bond acceptors (Lipinski definition) is 10. The van der Waals surface area contributed by atoms with Gasteiger partial charge in [-0.2, -0.15) is 0 Å². The lowest BCUT2D eigenvalue weighted by molar-refractivity contribution is -0.302. The molecule has 1 fully saturated rings. The van der Waals surface area contributed by atoms with Crippen molar-refractivity contribution in [2.24, 2.45) is 0 Å². The Balaban J connectivity index is 2.16. The van der Waals surface area contributed by atoms with E-state index < -0.39 is 49.5 Å². The van der Waals surface area contributed by atoms with Gasteiger partial charge in [0.15, 0.2) is 6.29 Å². The first-order valence-electron chi connectivity index (χ1n) is 27.4. The van der Waals surface area contributed by atoms with Crippen molar-refractivity contribution in [3.63, 3.8) is 0 Å². The highest BCUT2D eigenvalue weighted by Gasteiger charge is 2.44. The van der Waals surface area contributed by atoms with Crippen molar-refractivity contribution in [3.05, 3.63) is 48.6 Å². The zero-order valence-electron chi connectivity index (χ0n) is 42.6. The zero-order valence-corrected chi connectivity index (χ0v) is 42.6. The van der Waals surface area contributed by atoms with Crippen LogP contribution in [0.1, 0.15) is 232 Å². The minimum Gasteiger partial charge on any atom is -0.466 e. The molecule has 0 aromatic heterocycles. The average Bonchev–Trinajstić information content (AvgIpc) is 3.32. The van der Waals surface area contributed by atoms with Gasteiger partial charge < -0.3 is 45.1 Å². The van der Waals surface area contributed by atoms with Crippen LogP contribution in [0.5, 0.6) is 0 Å². The molecule has 0 saturated carbocycles. The molecular formula is C56H101NO10. The number of unbranched alkanes of at least 4 members (excludes halogenated alkanes) is 26. The van der Waals surface area contributed by atoms with E-state index in [1.807, 2.05) is 18.2 Å². The molecule has 1 amide bonds. The van der Waals surface area contributed by atoms with Crippen molar-refractivity contribution in [2.45, 2.75) is 275 Å². The van der Waals surface area contributed by atoms with Crippen LogP contribution in [0.25, 0.3) is 0 Å². The standard InChI is InChI=1S/C56H101NO10/c1-3-5-7-9-11-13-15-16-17-18-21-24-28-32-36-40-44-52(61)65-45-41-37-33-29-25-22-19-20-23-27-31-35-39-43-51(60)57-48(47-66-56-55(64)54(63)53(62)50(46-58)67-56)49(59)42-38-34-30-26-14-12-10-8-6-4-2/h14,20,23,26,31,35,38,42,48-50,53-56,58-59,62-64H,3-13,15-19,21-22,24-25,27-30,32-34,36-37,39-41,43-47H2,1-2H3,(H,57,60)/b23-20-,26-14+,35-31-,42-38+. The number of aliphatic hydroxyl groups is 5. The summed E-state index contributed by atoms with van der Waals surface area (Å²) in [6.45, 7) is 4.19. The molecule has 0 aliphatic carbocycles. The molecule has 0 radical (unpaired) electrons. The Morgan fingerprint density at radius 1 is 0.552 bits per heavy atom. The van der Waals surface area contributed by atoms with Crippen LogP contribution >= 0.6 is 0 Å². The number of allylic oxidation sites excluding steroid dienone is 7. The quantitative estimate of drug-likeness (QED) is 0.0196. The van der Waals surface area contributed by atoms with E-state index in [9.17, 15) is 35.1 Å². The molecule has 1 aliphatic heterocycles. The van der Waals surface area contributed by atoms with Crippen molar-refractivity contribution in [1.82, 2.24) is 5.32 Å². The largest absolute Gasteiger partial charge is 0.466 e. The molecule has 1 saturated heterocycles. The highest BCUT2D eigenvalue weighted by Crippen LogP contribution is 2.23. The fourth-order valence-electron chi connectivity index (χ4n) is 8.26. The summed E-state index contributed by atoms with van der Waals surface area (Å²) in [6.07, 6.45) is 46.5. The summed E-state index contributed by atoms with van der Waals surface area (Å²) in [5.74, 6) is -0.313. The number of aliphatic hydroxyl groups excluding tert-OH is 5. The van der Waals surface area contributed by atoms with Gasteiger partial charge in [-0.1, -0.05) is 204 Å². The highest BCUT2D eigenvalue weighted by atomic mass is 16.7. The number of amides is 1. The van der Waals surface area contributed by atoms with E-state index in [1.54, 1.807) is 6.08 Å². The molecule has 0 bridgehead atoms. The number of hydrogen-bond donors (Lipinski definition) is 6. The first-order chi connectivity index (χ1) is 32.7. The lowest BCUT2D eigenvalue weighted by Crippen LogP contribution is -2.60. The molecular weight excluding hydrogens is 847 g/mol. The van der Waals surface area contributed by atoms with Crippen LogP contribution < -0.4 is 5.32 Å². The van der Waals surface area contributed by atoms with Crippen LogP contribution in [0.2, 0.25) is 0 Å². The van der Waals surface area contributed by atoms with E-state index >= 15 is 0 Å². The lowest BCUT2D eigenvalue weighted by Gasteiger charge is -2.40. The number of carbonyl (C=O) groups excluding carboxylic acids is 2. The Labute approximate surface area is 408 Å². The number of rotatable bonds is 46. The summed E-state index contributed by atoms with van der Waals surface area (Å²) in [7, 11) is 0. The number of carbonyl (C=O) groups is 2. The van der Waals surface area contributed by atoms with E-state index in [4.69, 9.17) is 14.2 Å². The average molecular weight is 948 g/mol. The molecule has 11 nitrogen and oxygen atoms in total. The summed E-state index contributed by atoms with van der Waals surface area (Å²) in [4.78, 5) is 25.0. The summed E-state index contributed by atoms with van der Waals surface area (Å²) >= 11 is 0. The highest BCUT2D eigenvalue weighted by molar-refractivity contribution is 5.76. The topological polar surface area (TPSA) is 175 Å².